The van der Waals surface area contributed by atoms with E-state index in [4.69, 9.17) is 9.84 Å². The van der Waals surface area contributed by atoms with E-state index in [9.17, 15) is 14.7 Å². The maximum atomic E-state index is 12.9. The number of aromatic nitrogens is 2. The standard InChI is InChI=1S/C24H31N3O5/c1-15(2)24(14-23(4,5)31)10-11-27(22(30)32-24)16(3)17-6-8-18(9-7-17)19-12-25-20(21(28)29)26-13-19/h6-9,12-13,15-16,31H,10-11,14H2,1-5H3,(H,28,29). The number of carbonyl (C=O) groups excluding carboxylic acids is 1. The second-order valence-electron chi connectivity index (χ2n) is 9.42. The van der Waals surface area contributed by atoms with Crippen LogP contribution in [-0.2, 0) is 4.74 Å². The number of cyclic esters (lactones) is 1. The molecule has 1 aliphatic heterocycles. The summed E-state index contributed by atoms with van der Waals surface area (Å²) in [6, 6.07) is 7.47. The molecule has 2 unspecified atom stereocenters. The predicted molar refractivity (Wildman–Crippen MR) is 119 cm³/mol. The van der Waals surface area contributed by atoms with Crippen LogP contribution in [0.4, 0.5) is 4.79 Å². The van der Waals surface area contributed by atoms with E-state index in [0.29, 0.717) is 24.9 Å². The molecule has 2 atom stereocenters. The smallest absolute Gasteiger partial charge is 0.410 e. The second-order valence-corrected chi connectivity index (χ2v) is 9.42. The van der Waals surface area contributed by atoms with Crippen LogP contribution in [0.1, 0.15) is 69.7 Å². The molecule has 0 spiro atoms. The zero-order valence-electron chi connectivity index (χ0n) is 19.2. The van der Waals surface area contributed by atoms with Gasteiger partial charge in [0.2, 0.25) is 5.82 Å². The largest absolute Gasteiger partial charge is 0.475 e. The molecule has 1 fully saturated rings. The predicted octanol–water partition coefficient (Wildman–Crippen LogP) is 4.30. The molecule has 1 aromatic carbocycles. The minimum absolute atomic E-state index is 0.0874. The first-order valence-corrected chi connectivity index (χ1v) is 10.8. The van der Waals surface area contributed by atoms with Crippen LogP contribution in [0.5, 0.6) is 0 Å². The van der Waals surface area contributed by atoms with Gasteiger partial charge >= 0.3 is 12.1 Å². The lowest BCUT2D eigenvalue weighted by atomic mass is 9.77. The highest BCUT2D eigenvalue weighted by Crippen LogP contribution is 2.40. The number of hydrogen-bond donors (Lipinski definition) is 2. The topological polar surface area (TPSA) is 113 Å². The SMILES string of the molecule is CC(c1ccc(-c2cnc(C(=O)O)nc2)cc1)N1CCC(CC(C)(C)O)(C(C)C)OC1=O. The fourth-order valence-electron chi connectivity index (χ4n) is 4.23. The molecule has 172 valence electrons. The lowest BCUT2D eigenvalue weighted by molar-refractivity contribution is -0.119. The van der Waals surface area contributed by atoms with Crippen molar-refractivity contribution in [3.8, 4) is 11.1 Å². The summed E-state index contributed by atoms with van der Waals surface area (Å²) in [5.74, 6) is -1.33. The lowest BCUT2D eigenvalue weighted by Crippen LogP contribution is -2.55. The van der Waals surface area contributed by atoms with Gasteiger partial charge in [-0.15, -0.1) is 0 Å². The first-order chi connectivity index (χ1) is 14.9. The minimum Gasteiger partial charge on any atom is -0.475 e. The molecule has 1 aliphatic rings. The molecule has 1 saturated heterocycles. The highest BCUT2D eigenvalue weighted by atomic mass is 16.6. The van der Waals surface area contributed by atoms with Crippen molar-refractivity contribution in [2.45, 2.75) is 64.7 Å². The monoisotopic (exact) mass is 441 g/mol. The summed E-state index contributed by atoms with van der Waals surface area (Å²) in [4.78, 5) is 33.3. The second kappa shape index (κ2) is 8.86. The molecule has 32 heavy (non-hydrogen) atoms. The number of carboxylic acid groups (broad SMARTS) is 1. The number of ether oxygens (including phenoxy) is 1. The first kappa shape index (κ1) is 23.7. The Bertz CT molecular complexity index is 967. The van der Waals surface area contributed by atoms with Gasteiger partial charge in [0.1, 0.15) is 5.60 Å². The van der Waals surface area contributed by atoms with Crippen molar-refractivity contribution in [1.29, 1.82) is 0 Å². The number of hydrogen-bond acceptors (Lipinski definition) is 6. The average Bonchev–Trinajstić information content (AvgIpc) is 2.72. The van der Waals surface area contributed by atoms with Gasteiger partial charge in [0, 0.05) is 37.3 Å². The summed E-state index contributed by atoms with van der Waals surface area (Å²) >= 11 is 0. The van der Waals surface area contributed by atoms with Gasteiger partial charge in [0.15, 0.2) is 0 Å². The number of carboxylic acids is 1. The molecule has 0 radical (unpaired) electrons. The van der Waals surface area contributed by atoms with Crippen molar-refractivity contribution >= 4 is 12.1 Å². The van der Waals surface area contributed by atoms with E-state index in [2.05, 4.69) is 9.97 Å². The molecule has 1 aromatic heterocycles. The van der Waals surface area contributed by atoms with Gasteiger partial charge in [-0.05, 0) is 37.8 Å². The average molecular weight is 442 g/mol. The molecule has 3 rings (SSSR count). The zero-order chi connectivity index (χ0) is 23.7. The van der Waals surface area contributed by atoms with Crippen LogP contribution in [0, 0.1) is 5.92 Å². The van der Waals surface area contributed by atoms with Crippen molar-refractivity contribution in [2.24, 2.45) is 5.92 Å². The van der Waals surface area contributed by atoms with Crippen molar-refractivity contribution < 1.29 is 24.5 Å². The highest BCUT2D eigenvalue weighted by molar-refractivity contribution is 5.83. The van der Waals surface area contributed by atoms with Gasteiger partial charge in [-0.2, -0.15) is 0 Å². The van der Waals surface area contributed by atoms with Gasteiger partial charge < -0.3 is 19.8 Å². The van der Waals surface area contributed by atoms with E-state index in [1.165, 1.54) is 12.4 Å². The third-order valence-corrected chi connectivity index (χ3v) is 6.12. The van der Waals surface area contributed by atoms with E-state index >= 15 is 0 Å². The third kappa shape index (κ3) is 5.07. The van der Waals surface area contributed by atoms with Crippen LogP contribution < -0.4 is 0 Å². The fraction of sp³-hybridized carbons (Fsp3) is 0.500. The molecule has 2 N–H and O–H groups in total. The maximum Gasteiger partial charge on any atom is 0.410 e. The van der Waals surface area contributed by atoms with Crippen molar-refractivity contribution in [3.63, 3.8) is 0 Å². The van der Waals surface area contributed by atoms with Gasteiger partial charge in [-0.3, -0.25) is 0 Å². The van der Waals surface area contributed by atoms with Crippen LogP contribution in [0.2, 0.25) is 0 Å². The Labute approximate surface area is 188 Å². The first-order valence-electron chi connectivity index (χ1n) is 10.8. The van der Waals surface area contributed by atoms with E-state index in [0.717, 1.165) is 11.1 Å². The molecule has 0 aliphatic carbocycles. The maximum absolute atomic E-state index is 12.9. The molecule has 2 aromatic rings. The molecule has 0 saturated carbocycles. The fourth-order valence-corrected chi connectivity index (χ4v) is 4.23. The molecular weight excluding hydrogens is 410 g/mol. The number of nitrogens with zero attached hydrogens (tertiary/aromatic N) is 3. The molecule has 8 nitrogen and oxygen atoms in total. The van der Waals surface area contributed by atoms with Gasteiger partial charge in [0.05, 0.1) is 11.6 Å². The van der Waals surface area contributed by atoms with Gasteiger partial charge in [0.25, 0.3) is 0 Å². The summed E-state index contributed by atoms with van der Waals surface area (Å²) in [7, 11) is 0. The molecular formula is C24H31N3O5. The van der Waals surface area contributed by atoms with E-state index in [1.54, 1.807) is 18.7 Å². The number of rotatable bonds is 7. The van der Waals surface area contributed by atoms with E-state index < -0.39 is 17.2 Å². The van der Waals surface area contributed by atoms with Crippen LogP contribution in [0.25, 0.3) is 11.1 Å². The summed E-state index contributed by atoms with van der Waals surface area (Å²) in [5, 5.41) is 19.3. The van der Waals surface area contributed by atoms with Crippen LogP contribution in [0.15, 0.2) is 36.7 Å². The van der Waals surface area contributed by atoms with Crippen molar-refractivity contribution in [2.75, 3.05) is 6.54 Å². The lowest BCUT2D eigenvalue weighted by Gasteiger charge is -2.47. The Hall–Kier alpha value is -3.00. The van der Waals surface area contributed by atoms with Gasteiger partial charge in [-0.25, -0.2) is 19.6 Å². The molecule has 8 heteroatoms. The summed E-state index contributed by atoms with van der Waals surface area (Å²) < 4.78 is 5.95. The Kier molecular flexibility index (Phi) is 6.55. The number of amides is 1. The number of aromatic carboxylic acids is 1. The summed E-state index contributed by atoms with van der Waals surface area (Å²) in [5.41, 5.74) is 0.897. The Balaban J connectivity index is 1.73. The number of carbonyl (C=O) groups is 2. The van der Waals surface area contributed by atoms with Crippen LogP contribution in [-0.4, -0.2) is 54.9 Å². The summed E-state index contributed by atoms with van der Waals surface area (Å²) in [6.45, 7) is 10.0. The number of aliphatic hydroxyl groups is 1. The van der Waals surface area contributed by atoms with E-state index in [1.807, 2.05) is 45.0 Å². The molecule has 2 heterocycles. The highest BCUT2D eigenvalue weighted by Gasteiger charge is 2.47. The quantitative estimate of drug-likeness (QED) is 0.658. The Morgan fingerprint density at radius 1 is 1.16 bits per heavy atom. The summed E-state index contributed by atoms with van der Waals surface area (Å²) in [6.07, 6.45) is 3.62. The van der Waals surface area contributed by atoms with Crippen LogP contribution >= 0.6 is 0 Å². The van der Waals surface area contributed by atoms with E-state index in [-0.39, 0.29) is 23.9 Å². The van der Waals surface area contributed by atoms with Crippen molar-refractivity contribution in [3.05, 3.63) is 48.0 Å². The number of benzene rings is 1. The molecule has 0 bridgehead atoms. The Morgan fingerprint density at radius 3 is 2.22 bits per heavy atom. The Morgan fingerprint density at radius 2 is 1.75 bits per heavy atom. The minimum atomic E-state index is -1.17. The molecule has 1 amide bonds. The third-order valence-electron chi connectivity index (χ3n) is 6.12. The normalized spacial score (nSPS) is 20.2. The zero-order valence-corrected chi connectivity index (χ0v) is 19.2. The van der Waals surface area contributed by atoms with Crippen molar-refractivity contribution in [1.82, 2.24) is 14.9 Å². The van der Waals surface area contributed by atoms with Gasteiger partial charge in [-0.1, -0.05) is 38.1 Å². The van der Waals surface area contributed by atoms with Crippen LogP contribution in [0.3, 0.4) is 0 Å².